The molecule has 0 spiro atoms. The van der Waals surface area contributed by atoms with Gasteiger partial charge in [0.1, 0.15) is 17.3 Å². The maximum atomic E-state index is 11.8. The van der Waals surface area contributed by atoms with Crippen LogP contribution in [0.4, 0.5) is 5.69 Å². The molecule has 2 rings (SSSR count). The van der Waals surface area contributed by atoms with Crippen molar-refractivity contribution >= 4 is 23.2 Å². The summed E-state index contributed by atoms with van der Waals surface area (Å²) in [6, 6.07) is 5.60. The summed E-state index contributed by atoms with van der Waals surface area (Å²) in [6.45, 7) is 5.73. The number of ether oxygens (including phenoxy) is 1. The molecule has 0 aliphatic rings. The normalized spacial score (nSPS) is 11.2. The molecule has 1 N–H and O–H groups in total. The Morgan fingerprint density at radius 2 is 2.12 bits per heavy atom. The first-order valence-electron chi connectivity index (χ1n) is 7.10. The van der Waals surface area contributed by atoms with Gasteiger partial charge in [-0.15, -0.1) is 5.10 Å². The van der Waals surface area contributed by atoms with Gasteiger partial charge in [-0.25, -0.2) is 0 Å². The van der Waals surface area contributed by atoms with E-state index >= 15 is 0 Å². The highest BCUT2D eigenvalue weighted by molar-refractivity contribution is 6.32. The Balaban J connectivity index is 2.02. The monoisotopic (exact) mass is 352 g/mol. The number of amides is 1. The summed E-state index contributed by atoms with van der Waals surface area (Å²) in [5.41, 5.74) is -0.521. The van der Waals surface area contributed by atoms with Crippen molar-refractivity contribution in [1.29, 1.82) is 0 Å². The van der Waals surface area contributed by atoms with Crippen LogP contribution in [0.1, 0.15) is 20.8 Å². The summed E-state index contributed by atoms with van der Waals surface area (Å²) in [5, 5.41) is 17.6. The van der Waals surface area contributed by atoms with E-state index in [1.165, 1.54) is 22.9 Å². The van der Waals surface area contributed by atoms with Gasteiger partial charge in [0.25, 0.3) is 5.69 Å². The van der Waals surface area contributed by atoms with E-state index in [0.29, 0.717) is 5.75 Å². The van der Waals surface area contributed by atoms with Crippen molar-refractivity contribution in [2.45, 2.75) is 32.9 Å². The van der Waals surface area contributed by atoms with Crippen LogP contribution in [0.15, 0.2) is 30.5 Å². The quantitative estimate of drug-likeness (QED) is 0.658. The molecule has 2 aromatic rings. The fourth-order valence-corrected chi connectivity index (χ4v) is 2.15. The Kier molecular flexibility index (Phi) is 5.08. The van der Waals surface area contributed by atoms with Crippen LogP contribution < -0.4 is 10.1 Å². The topological polar surface area (TPSA) is 99.3 Å². The molecule has 24 heavy (non-hydrogen) atoms. The minimum Gasteiger partial charge on any atom is -0.437 e. The molecule has 0 unspecified atom stereocenters. The zero-order valence-electron chi connectivity index (χ0n) is 13.4. The first-order valence-corrected chi connectivity index (χ1v) is 7.48. The van der Waals surface area contributed by atoms with Crippen molar-refractivity contribution in [1.82, 2.24) is 15.1 Å². The molecule has 1 aromatic carbocycles. The van der Waals surface area contributed by atoms with Gasteiger partial charge in [0, 0.05) is 29.9 Å². The third-order valence-electron chi connectivity index (χ3n) is 2.77. The van der Waals surface area contributed by atoms with Crippen LogP contribution in [0.5, 0.6) is 11.6 Å². The van der Waals surface area contributed by atoms with Crippen molar-refractivity contribution < 1.29 is 14.5 Å². The van der Waals surface area contributed by atoms with Gasteiger partial charge >= 0.3 is 0 Å². The molecule has 0 bridgehead atoms. The van der Waals surface area contributed by atoms with Gasteiger partial charge in [-0.1, -0.05) is 11.6 Å². The highest BCUT2D eigenvalue weighted by Gasteiger charge is 2.15. The molecule has 8 nitrogen and oxygen atoms in total. The van der Waals surface area contributed by atoms with E-state index in [1.54, 1.807) is 12.3 Å². The number of nitro benzene ring substituents is 1. The summed E-state index contributed by atoms with van der Waals surface area (Å²) in [6.07, 6.45) is 1.60. The molecule has 128 valence electrons. The number of rotatable bonds is 5. The predicted molar refractivity (Wildman–Crippen MR) is 88.3 cm³/mol. The Hall–Kier alpha value is -2.61. The summed E-state index contributed by atoms with van der Waals surface area (Å²) < 4.78 is 6.92. The van der Waals surface area contributed by atoms with Crippen LogP contribution in [0.3, 0.4) is 0 Å². The van der Waals surface area contributed by atoms with Crippen molar-refractivity contribution in [2.24, 2.45) is 0 Å². The van der Waals surface area contributed by atoms with E-state index in [9.17, 15) is 14.9 Å². The van der Waals surface area contributed by atoms with E-state index in [1.807, 2.05) is 20.8 Å². The van der Waals surface area contributed by atoms with Crippen molar-refractivity contribution in [3.05, 3.63) is 45.6 Å². The Morgan fingerprint density at radius 3 is 2.71 bits per heavy atom. The van der Waals surface area contributed by atoms with Crippen LogP contribution in [-0.2, 0) is 11.3 Å². The van der Waals surface area contributed by atoms with Gasteiger partial charge in [0.2, 0.25) is 11.8 Å². The van der Waals surface area contributed by atoms with Gasteiger partial charge in [-0.3, -0.25) is 19.6 Å². The van der Waals surface area contributed by atoms with Crippen LogP contribution in [0, 0.1) is 10.1 Å². The molecule has 0 radical (unpaired) electrons. The highest BCUT2D eigenvalue weighted by atomic mass is 35.5. The molecule has 0 aliphatic carbocycles. The largest absolute Gasteiger partial charge is 0.437 e. The number of nitro groups is 1. The molecule has 0 fully saturated rings. The molecule has 1 amide bonds. The van der Waals surface area contributed by atoms with E-state index < -0.39 is 4.92 Å². The maximum absolute atomic E-state index is 11.8. The first-order chi connectivity index (χ1) is 11.1. The number of carbonyl (C=O) groups is 1. The van der Waals surface area contributed by atoms with Gasteiger partial charge in [0.05, 0.1) is 4.92 Å². The van der Waals surface area contributed by atoms with Crippen molar-refractivity contribution in [2.75, 3.05) is 0 Å². The van der Waals surface area contributed by atoms with Crippen LogP contribution in [0.2, 0.25) is 5.02 Å². The highest BCUT2D eigenvalue weighted by Crippen LogP contribution is 2.30. The lowest BCUT2D eigenvalue weighted by Crippen LogP contribution is -2.42. The average molecular weight is 353 g/mol. The maximum Gasteiger partial charge on any atom is 0.288 e. The second kappa shape index (κ2) is 6.88. The number of hydrogen-bond donors (Lipinski definition) is 1. The predicted octanol–water partition coefficient (Wildman–Crippen LogP) is 3.15. The Bertz CT molecular complexity index is 767. The van der Waals surface area contributed by atoms with E-state index in [4.69, 9.17) is 16.3 Å². The van der Waals surface area contributed by atoms with Gasteiger partial charge < -0.3 is 10.1 Å². The van der Waals surface area contributed by atoms with Crippen LogP contribution >= 0.6 is 11.6 Å². The summed E-state index contributed by atoms with van der Waals surface area (Å²) in [5.74, 6) is 0.397. The fraction of sp³-hybridized carbons (Fsp3) is 0.333. The molecule has 1 heterocycles. The second-order valence-electron chi connectivity index (χ2n) is 6.12. The zero-order valence-corrected chi connectivity index (χ0v) is 14.2. The van der Waals surface area contributed by atoms with E-state index in [-0.39, 0.29) is 34.6 Å². The molecular weight excluding hydrogens is 336 g/mol. The second-order valence-corrected chi connectivity index (χ2v) is 6.53. The lowest BCUT2D eigenvalue weighted by molar-refractivity contribution is -0.384. The average Bonchev–Trinajstić information content (AvgIpc) is 2.83. The minimum atomic E-state index is -0.575. The van der Waals surface area contributed by atoms with E-state index in [2.05, 4.69) is 10.4 Å². The number of aromatic nitrogens is 2. The number of benzene rings is 1. The number of hydrogen-bond acceptors (Lipinski definition) is 5. The Morgan fingerprint density at radius 1 is 1.42 bits per heavy atom. The SMILES string of the molecule is CC(C)(C)NC(=O)Cn1ccc(Oc2ccc([N+](=O)[O-])c(Cl)c2)n1. The van der Waals surface area contributed by atoms with Gasteiger partial charge in [0.15, 0.2) is 0 Å². The lowest BCUT2D eigenvalue weighted by atomic mass is 10.1. The lowest BCUT2D eigenvalue weighted by Gasteiger charge is -2.20. The van der Waals surface area contributed by atoms with Crippen molar-refractivity contribution in [3.63, 3.8) is 0 Å². The van der Waals surface area contributed by atoms with Crippen LogP contribution in [-0.4, -0.2) is 26.1 Å². The van der Waals surface area contributed by atoms with Crippen LogP contribution in [0.25, 0.3) is 0 Å². The van der Waals surface area contributed by atoms with Gasteiger partial charge in [-0.05, 0) is 26.8 Å². The van der Waals surface area contributed by atoms with E-state index in [0.717, 1.165) is 0 Å². The smallest absolute Gasteiger partial charge is 0.288 e. The third kappa shape index (κ3) is 4.95. The minimum absolute atomic E-state index is 0.0264. The molecule has 0 saturated heterocycles. The number of nitrogens with one attached hydrogen (secondary N) is 1. The molecule has 0 saturated carbocycles. The summed E-state index contributed by atoms with van der Waals surface area (Å²) >= 11 is 5.83. The van der Waals surface area contributed by atoms with Crippen molar-refractivity contribution in [3.8, 4) is 11.6 Å². The first kappa shape index (κ1) is 17.7. The number of halogens is 1. The standard InChI is InChI=1S/C15H17ClN4O4/c1-15(2,3)17-13(21)9-19-7-6-14(18-19)24-10-4-5-12(20(22)23)11(16)8-10/h4-8H,9H2,1-3H3,(H,17,21). The fourth-order valence-electron chi connectivity index (χ4n) is 1.91. The Labute approximate surface area is 143 Å². The number of carbonyl (C=O) groups excluding carboxylic acids is 1. The summed E-state index contributed by atoms with van der Waals surface area (Å²) in [7, 11) is 0. The molecule has 0 atom stereocenters. The van der Waals surface area contributed by atoms with Gasteiger partial charge in [-0.2, -0.15) is 0 Å². The molecule has 1 aromatic heterocycles. The third-order valence-corrected chi connectivity index (χ3v) is 3.08. The zero-order chi connectivity index (χ0) is 17.9. The molecule has 9 heteroatoms. The summed E-state index contributed by atoms with van der Waals surface area (Å²) in [4.78, 5) is 22.0. The molecular formula is C15H17ClN4O4. The molecule has 0 aliphatic heterocycles. The number of nitrogens with zero attached hydrogens (tertiary/aromatic N) is 3.